The zero-order chi connectivity index (χ0) is 13.1. The average Bonchev–Trinajstić information content (AvgIpc) is 2.86. The van der Waals surface area contributed by atoms with Crippen LogP contribution in [0, 0.1) is 11.6 Å². The standard InChI is InChI=1S/C13H16F2N2O/c1-8(9-4-2-5-10(14)12(9)15)17-13(18)11-6-3-7-16-11/h2,4-5,8,11,16H,3,6-7H2,1H3,(H,17,18). The van der Waals surface area contributed by atoms with Gasteiger partial charge in [-0.15, -0.1) is 0 Å². The molecule has 1 aliphatic rings. The van der Waals surface area contributed by atoms with E-state index in [9.17, 15) is 13.6 Å². The summed E-state index contributed by atoms with van der Waals surface area (Å²) < 4.78 is 26.6. The molecule has 1 fully saturated rings. The molecule has 5 heteroatoms. The van der Waals surface area contributed by atoms with Crippen molar-refractivity contribution in [2.45, 2.75) is 31.8 Å². The van der Waals surface area contributed by atoms with E-state index in [0.29, 0.717) is 0 Å². The third kappa shape index (κ3) is 2.67. The Hall–Kier alpha value is -1.49. The second kappa shape index (κ2) is 5.44. The fraction of sp³-hybridized carbons (Fsp3) is 0.462. The van der Waals surface area contributed by atoms with Crippen molar-refractivity contribution in [2.24, 2.45) is 0 Å². The Morgan fingerprint density at radius 2 is 2.28 bits per heavy atom. The second-order valence-electron chi connectivity index (χ2n) is 4.52. The lowest BCUT2D eigenvalue weighted by Gasteiger charge is -2.18. The summed E-state index contributed by atoms with van der Waals surface area (Å²) in [5.74, 6) is -1.96. The molecule has 0 radical (unpaired) electrons. The number of carbonyl (C=O) groups excluding carboxylic acids is 1. The Labute approximate surface area is 105 Å². The molecular formula is C13H16F2N2O. The molecule has 0 spiro atoms. The van der Waals surface area contributed by atoms with Crippen LogP contribution < -0.4 is 10.6 Å². The minimum atomic E-state index is -0.898. The molecule has 1 heterocycles. The summed E-state index contributed by atoms with van der Waals surface area (Å²) in [6.07, 6.45) is 1.74. The number of carbonyl (C=O) groups is 1. The molecule has 2 unspecified atom stereocenters. The van der Waals surface area contributed by atoms with Crippen molar-refractivity contribution in [3.05, 3.63) is 35.4 Å². The highest BCUT2D eigenvalue weighted by atomic mass is 19.2. The van der Waals surface area contributed by atoms with Crippen LogP contribution in [0.25, 0.3) is 0 Å². The number of benzene rings is 1. The Morgan fingerprint density at radius 3 is 2.94 bits per heavy atom. The van der Waals surface area contributed by atoms with Gasteiger partial charge in [0, 0.05) is 5.56 Å². The SMILES string of the molecule is CC(NC(=O)C1CCCN1)c1cccc(F)c1F. The van der Waals surface area contributed by atoms with Gasteiger partial charge in [0.25, 0.3) is 0 Å². The summed E-state index contributed by atoms with van der Waals surface area (Å²) in [6, 6.07) is 3.21. The maximum absolute atomic E-state index is 13.5. The number of amides is 1. The summed E-state index contributed by atoms with van der Waals surface area (Å²) in [5, 5.41) is 5.76. The van der Waals surface area contributed by atoms with E-state index in [1.807, 2.05) is 0 Å². The van der Waals surface area contributed by atoms with Gasteiger partial charge in [-0.25, -0.2) is 8.78 Å². The molecule has 1 aliphatic heterocycles. The van der Waals surface area contributed by atoms with Crippen LogP contribution in [-0.4, -0.2) is 18.5 Å². The molecule has 1 aromatic carbocycles. The first-order chi connectivity index (χ1) is 8.59. The minimum absolute atomic E-state index is 0.163. The predicted molar refractivity (Wildman–Crippen MR) is 63.9 cm³/mol. The quantitative estimate of drug-likeness (QED) is 0.865. The molecule has 2 atom stereocenters. The van der Waals surface area contributed by atoms with E-state index in [0.717, 1.165) is 25.5 Å². The van der Waals surface area contributed by atoms with Crippen molar-refractivity contribution >= 4 is 5.91 Å². The third-order valence-electron chi connectivity index (χ3n) is 3.18. The molecular weight excluding hydrogens is 238 g/mol. The summed E-state index contributed by atoms with van der Waals surface area (Å²) in [7, 11) is 0. The van der Waals surface area contributed by atoms with Crippen LogP contribution in [-0.2, 0) is 4.79 Å². The smallest absolute Gasteiger partial charge is 0.237 e. The molecule has 0 saturated carbocycles. The number of rotatable bonds is 3. The number of halogens is 2. The molecule has 3 nitrogen and oxygen atoms in total. The lowest BCUT2D eigenvalue weighted by Crippen LogP contribution is -2.41. The van der Waals surface area contributed by atoms with Crippen LogP contribution in [0.4, 0.5) is 8.78 Å². The van der Waals surface area contributed by atoms with Gasteiger partial charge in [0.2, 0.25) is 5.91 Å². The van der Waals surface area contributed by atoms with Crippen molar-refractivity contribution in [1.29, 1.82) is 0 Å². The average molecular weight is 254 g/mol. The van der Waals surface area contributed by atoms with Gasteiger partial charge in [-0.3, -0.25) is 4.79 Å². The highest BCUT2D eigenvalue weighted by molar-refractivity contribution is 5.82. The summed E-state index contributed by atoms with van der Waals surface area (Å²) >= 11 is 0. The monoisotopic (exact) mass is 254 g/mol. The highest BCUT2D eigenvalue weighted by Gasteiger charge is 2.24. The van der Waals surface area contributed by atoms with Crippen LogP contribution in [0.3, 0.4) is 0 Å². The largest absolute Gasteiger partial charge is 0.348 e. The zero-order valence-electron chi connectivity index (χ0n) is 10.2. The van der Waals surface area contributed by atoms with Crippen LogP contribution in [0.15, 0.2) is 18.2 Å². The van der Waals surface area contributed by atoms with E-state index in [-0.39, 0.29) is 17.5 Å². The molecule has 0 aromatic heterocycles. The lowest BCUT2D eigenvalue weighted by molar-refractivity contribution is -0.123. The molecule has 1 saturated heterocycles. The van der Waals surface area contributed by atoms with Gasteiger partial charge in [0.15, 0.2) is 11.6 Å². The Morgan fingerprint density at radius 1 is 1.50 bits per heavy atom. The van der Waals surface area contributed by atoms with Gasteiger partial charge in [-0.1, -0.05) is 12.1 Å². The first-order valence-corrected chi connectivity index (χ1v) is 6.07. The van der Waals surface area contributed by atoms with Crippen LogP contribution in [0.2, 0.25) is 0 Å². The van der Waals surface area contributed by atoms with Crippen molar-refractivity contribution < 1.29 is 13.6 Å². The molecule has 2 rings (SSSR count). The Kier molecular flexibility index (Phi) is 3.91. The first-order valence-electron chi connectivity index (χ1n) is 6.07. The predicted octanol–water partition coefficient (Wildman–Crippen LogP) is 1.89. The van der Waals surface area contributed by atoms with E-state index in [1.165, 1.54) is 12.1 Å². The van der Waals surface area contributed by atoms with Gasteiger partial charge < -0.3 is 10.6 Å². The zero-order valence-corrected chi connectivity index (χ0v) is 10.2. The highest BCUT2D eigenvalue weighted by Crippen LogP contribution is 2.19. The molecule has 0 aliphatic carbocycles. The number of nitrogens with one attached hydrogen (secondary N) is 2. The molecule has 1 aromatic rings. The van der Waals surface area contributed by atoms with Crippen molar-refractivity contribution in [3.63, 3.8) is 0 Å². The second-order valence-corrected chi connectivity index (χ2v) is 4.52. The summed E-state index contributed by atoms with van der Waals surface area (Å²) in [4.78, 5) is 11.8. The molecule has 2 N–H and O–H groups in total. The van der Waals surface area contributed by atoms with Gasteiger partial charge in [0.1, 0.15) is 0 Å². The maximum atomic E-state index is 13.5. The van der Waals surface area contributed by atoms with Crippen LogP contribution in [0.1, 0.15) is 31.4 Å². The van der Waals surface area contributed by atoms with Crippen LogP contribution in [0.5, 0.6) is 0 Å². The molecule has 0 bridgehead atoms. The fourth-order valence-electron chi connectivity index (χ4n) is 2.15. The van der Waals surface area contributed by atoms with Gasteiger partial charge >= 0.3 is 0 Å². The number of hydrogen-bond donors (Lipinski definition) is 2. The summed E-state index contributed by atoms with van der Waals surface area (Å²) in [6.45, 7) is 2.46. The van der Waals surface area contributed by atoms with Gasteiger partial charge in [0.05, 0.1) is 12.1 Å². The van der Waals surface area contributed by atoms with Crippen LogP contribution >= 0.6 is 0 Å². The Bertz CT molecular complexity index is 445. The summed E-state index contributed by atoms with van der Waals surface area (Å²) in [5.41, 5.74) is 0.168. The van der Waals surface area contributed by atoms with Crippen molar-refractivity contribution in [3.8, 4) is 0 Å². The molecule has 18 heavy (non-hydrogen) atoms. The van der Waals surface area contributed by atoms with E-state index < -0.39 is 17.7 Å². The van der Waals surface area contributed by atoms with E-state index in [1.54, 1.807) is 6.92 Å². The topological polar surface area (TPSA) is 41.1 Å². The normalized spacial score (nSPS) is 20.7. The number of hydrogen-bond acceptors (Lipinski definition) is 2. The third-order valence-corrected chi connectivity index (χ3v) is 3.18. The molecule has 1 amide bonds. The maximum Gasteiger partial charge on any atom is 0.237 e. The lowest BCUT2D eigenvalue weighted by atomic mass is 10.1. The van der Waals surface area contributed by atoms with Gasteiger partial charge in [-0.05, 0) is 32.4 Å². The van der Waals surface area contributed by atoms with Crippen molar-refractivity contribution in [1.82, 2.24) is 10.6 Å². The van der Waals surface area contributed by atoms with Gasteiger partial charge in [-0.2, -0.15) is 0 Å². The van der Waals surface area contributed by atoms with E-state index >= 15 is 0 Å². The van der Waals surface area contributed by atoms with E-state index in [4.69, 9.17) is 0 Å². The minimum Gasteiger partial charge on any atom is -0.348 e. The first kappa shape index (κ1) is 13.0. The van der Waals surface area contributed by atoms with E-state index in [2.05, 4.69) is 10.6 Å². The molecule has 98 valence electrons. The fourth-order valence-corrected chi connectivity index (χ4v) is 2.15. The Balaban J connectivity index is 2.04. The van der Waals surface area contributed by atoms with Crippen molar-refractivity contribution in [2.75, 3.05) is 6.54 Å².